The van der Waals surface area contributed by atoms with Gasteiger partial charge < -0.3 is 20.1 Å². The van der Waals surface area contributed by atoms with Gasteiger partial charge in [-0.3, -0.25) is 9.59 Å². The van der Waals surface area contributed by atoms with Crippen LogP contribution in [0.5, 0.6) is 5.75 Å². The third-order valence-corrected chi connectivity index (χ3v) is 3.51. The lowest BCUT2D eigenvalue weighted by Gasteiger charge is -2.14. The molecule has 0 aromatic heterocycles. The Labute approximate surface area is 155 Å². The van der Waals surface area contributed by atoms with Crippen LogP contribution in [0.25, 0.3) is 0 Å². The molecule has 0 saturated heterocycles. The zero-order valence-corrected chi connectivity index (χ0v) is 15.0. The number of nitrogens with one attached hydrogen (secondary N) is 2. The largest absolute Gasteiger partial charge is 0.494 e. The zero-order chi connectivity index (χ0) is 20.0. The van der Waals surface area contributed by atoms with Gasteiger partial charge in [0, 0.05) is 18.3 Å². The number of halogens is 1. The molecule has 8 heteroatoms. The first-order chi connectivity index (χ1) is 12.8. The first-order valence-electron chi connectivity index (χ1n) is 8.03. The molecule has 0 radical (unpaired) electrons. The molecule has 2 aromatic carbocycles. The predicted molar refractivity (Wildman–Crippen MR) is 97.2 cm³/mol. The van der Waals surface area contributed by atoms with Gasteiger partial charge in [0.05, 0.1) is 12.7 Å². The molecule has 0 unspecified atom stereocenters. The third kappa shape index (κ3) is 5.53. The fourth-order valence-electron chi connectivity index (χ4n) is 2.16. The van der Waals surface area contributed by atoms with E-state index in [1.807, 2.05) is 0 Å². The van der Waals surface area contributed by atoms with Gasteiger partial charge in [-0.05, 0) is 49.4 Å². The summed E-state index contributed by atoms with van der Waals surface area (Å²) in [5.74, 6) is -2.30. The quantitative estimate of drug-likeness (QED) is 0.758. The molecular formula is C19H19FN2O5. The van der Waals surface area contributed by atoms with Crippen LogP contribution in [0.3, 0.4) is 0 Å². The van der Waals surface area contributed by atoms with E-state index < -0.39 is 23.8 Å². The lowest BCUT2D eigenvalue weighted by atomic mass is 10.2. The third-order valence-electron chi connectivity index (χ3n) is 3.51. The van der Waals surface area contributed by atoms with E-state index in [2.05, 4.69) is 10.6 Å². The summed E-state index contributed by atoms with van der Waals surface area (Å²) in [6.07, 6.45) is -1.10. The molecule has 0 aliphatic rings. The second-order valence-corrected chi connectivity index (χ2v) is 5.64. The number of hydrogen-bond donors (Lipinski definition) is 2. The Morgan fingerprint density at radius 3 is 2.11 bits per heavy atom. The fourth-order valence-corrected chi connectivity index (χ4v) is 2.16. The van der Waals surface area contributed by atoms with Gasteiger partial charge in [-0.15, -0.1) is 0 Å². The molecule has 7 nitrogen and oxygen atoms in total. The SMILES string of the molecule is COc1ccc(C(=O)O[C@@H](C)C(=O)Nc2ccc(NC(C)=O)cc2)cc1F. The molecule has 0 fully saturated rings. The van der Waals surface area contributed by atoms with E-state index in [-0.39, 0.29) is 17.2 Å². The Hall–Kier alpha value is -3.42. The molecule has 1 atom stereocenters. The Bertz CT molecular complexity index is 852. The molecule has 142 valence electrons. The Kier molecular flexibility index (Phi) is 6.48. The second-order valence-electron chi connectivity index (χ2n) is 5.64. The van der Waals surface area contributed by atoms with Crippen molar-refractivity contribution < 1.29 is 28.2 Å². The van der Waals surface area contributed by atoms with Gasteiger partial charge in [0.2, 0.25) is 5.91 Å². The molecule has 2 rings (SSSR count). The maximum Gasteiger partial charge on any atom is 0.339 e. The van der Waals surface area contributed by atoms with Crippen LogP contribution in [0.4, 0.5) is 15.8 Å². The van der Waals surface area contributed by atoms with Crippen LogP contribution in [0, 0.1) is 5.82 Å². The normalized spacial score (nSPS) is 11.3. The predicted octanol–water partition coefficient (Wildman–Crippen LogP) is 2.98. The van der Waals surface area contributed by atoms with Crippen molar-refractivity contribution in [3.63, 3.8) is 0 Å². The highest BCUT2D eigenvalue weighted by Crippen LogP contribution is 2.19. The average molecular weight is 374 g/mol. The minimum Gasteiger partial charge on any atom is -0.494 e. The first-order valence-corrected chi connectivity index (χ1v) is 8.03. The maximum absolute atomic E-state index is 13.7. The highest BCUT2D eigenvalue weighted by atomic mass is 19.1. The van der Waals surface area contributed by atoms with Crippen molar-refractivity contribution in [2.24, 2.45) is 0 Å². The van der Waals surface area contributed by atoms with Gasteiger partial charge in [-0.1, -0.05) is 0 Å². The number of methoxy groups -OCH3 is 1. The Morgan fingerprint density at radius 2 is 1.59 bits per heavy atom. The zero-order valence-electron chi connectivity index (χ0n) is 15.0. The van der Waals surface area contributed by atoms with Crippen molar-refractivity contribution in [2.75, 3.05) is 17.7 Å². The Morgan fingerprint density at radius 1 is 1.00 bits per heavy atom. The van der Waals surface area contributed by atoms with Crippen molar-refractivity contribution in [2.45, 2.75) is 20.0 Å². The number of ether oxygens (including phenoxy) is 2. The summed E-state index contributed by atoms with van der Waals surface area (Å²) in [4.78, 5) is 35.2. The van der Waals surface area contributed by atoms with E-state index in [1.165, 1.54) is 33.1 Å². The van der Waals surface area contributed by atoms with Crippen LogP contribution < -0.4 is 15.4 Å². The van der Waals surface area contributed by atoms with E-state index in [1.54, 1.807) is 24.3 Å². The molecule has 0 heterocycles. The maximum atomic E-state index is 13.7. The van der Waals surface area contributed by atoms with Crippen LogP contribution in [0.2, 0.25) is 0 Å². The highest BCUT2D eigenvalue weighted by Gasteiger charge is 2.20. The van der Waals surface area contributed by atoms with E-state index in [0.29, 0.717) is 11.4 Å². The topological polar surface area (TPSA) is 93.7 Å². The molecular weight excluding hydrogens is 355 g/mol. The molecule has 0 bridgehead atoms. The smallest absolute Gasteiger partial charge is 0.339 e. The number of carbonyl (C=O) groups is 3. The van der Waals surface area contributed by atoms with Crippen molar-refractivity contribution in [1.29, 1.82) is 0 Å². The average Bonchev–Trinajstić information content (AvgIpc) is 2.62. The summed E-state index contributed by atoms with van der Waals surface area (Å²) in [7, 11) is 1.31. The summed E-state index contributed by atoms with van der Waals surface area (Å²) in [6, 6.07) is 10.0. The lowest BCUT2D eigenvalue weighted by Crippen LogP contribution is -2.30. The number of hydrogen-bond acceptors (Lipinski definition) is 5. The number of carbonyl (C=O) groups excluding carboxylic acids is 3. The molecule has 0 aliphatic heterocycles. The number of rotatable bonds is 6. The van der Waals surface area contributed by atoms with Crippen LogP contribution in [0.1, 0.15) is 24.2 Å². The van der Waals surface area contributed by atoms with E-state index in [0.717, 1.165) is 6.07 Å². The lowest BCUT2D eigenvalue weighted by molar-refractivity contribution is -0.123. The van der Waals surface area contributed by atoms with Gasteiger partial charge in [0.1, 0.15) is 0 Å². The molecule has 2 amide bonds. The Balaban J connectivity index is 1.95. The summed E-state index contributed by atoms with van der Waals surface area (Å²) >= 11 is 0. The summed E-state index contributed by atoms with van der Waals surface area (Å²) in [6.45, 7) is 2.79. The minimum atomic E-state index is -1.10. The van der Waals surface area contributed by atoms with Crippen LogP contribution >= 0.6 is 0 Å². The van der Waals surface area contributed by atoms with Gasteiger partial charge in [0.15, 0.2) is 17.7 Å². The van der Waals surface area contributed by atoms with Crippen LogP contribution in [-0.2, 0) is 14.3 Å². The van der Waals surface area contributed by atoms with E-state index >= 15 is 0 Å². The van der Waals surface area contributed by atoms with Crippen molar-refractivity contribution in [3.8, 4) is 5.75 Å². The first kappa shape index (κ1) is 19.9. The standard InChI is InChI=1S/C19H19FN2O5/c1-11(27-19(25)13-4-9-17(26-3)16(20)10-13)18(24)22-15-7-5-14(6-8-15)21-12(2)23/h4-11H,1-3H3,(H,21,23)(H,22,24)/t11-/m0/s1. The molecule has 0 saturated carbocycles. The highest BCUT2D eigenvalue weighted by molar-refractivity contribution is 5.97. The van der Waals surface area contributed by atoms with Gasteiger partial charge in [-0.25, -0.2) is 9.18 Å². The van der Waals surface area contributed by atoms with Gasteiger partial charge in [0.25, 0.3) is 5.91 Å². The molecule has 27 heavy (non-hydrogen) atoms. The molecule has 2 N–H and O–H groups in total. The minimum absolute atomic E-state index is 0.0000474. The number of anilines is 2. The van der Waals surface area contributed by atoms with Crippen LogP contribution in [-0.4, -0.2) is 31.0 Å². The summed E-state index contributed by atoms with van der Waals surface area (Å²) in [5, 5.41) is 5.19. The molecule has 2 aromatic rings. The van der Waals surface area contributed by atoms with Crippen molar-refractivity contribution in [3.05, 3.63) is 53.8 Å². The number of esters is 1. The van der Waals surface area contributed by atoms with Crippen molar-refractivity contribution in [1.82, 2.24) is 0 Å². The summed E-state index contributed by atoms with van der Waals surface area (Å²) < 4.78 is 23.5. The monoisotopic (exact) mass is 374 g/mol. The number of amides is 2. The van der Waals surface area contributed by atoms with Crippen LogP contribution in [0.15, 0.2) is 42.5 Å². The van der Waals surface area contributed by atoms with Crippen molar-refractivity contribution >= 4 is 29.2 Å². The molecule has 0 aliphatic carbocycles. The van der Waals surface area contributed by atoms with Gasteiger partial charge in [-0.2, -0.15) is 0 Å². The number of benzene rings is 2. The van der Waals surface area contributed by atoms with E-state index in [9.17, 15) is 18.8 Å². The second kappa shape index (κ2) is 8.79. The van der Waals surface area contributed by atoms with Gasteiger partial charge >= 0.3 is 5.97 Å². The molecule has 0 spiro atoms. The summed E-state index contributed by atoms with van der Waals surface area (Å²) in [5.41, 5.74) is 1.02. The fraction of sp³-hybridized carbons (Fsp3) is 0.211. The van der Waals surface area contributed by atoms with E-state index in [4.69, 9.17) is 9.47 Å².